The molecule has 0 spiro atoms. The van der Waals surface area contributed by atoms with Crippen molar-refractivity contribution in [3.8, 4) is 11.3 Å². The second-order valence-corrected chi connectivity index (χ2v) is 6.47. The number of pyridine rings is 1. The van der Waals surface area contributed by atoms with Crippen LogP contribution in [0.5, 0.6) is 0 Å². The molecule has 0 saturated carbocycles. The molecule has 0 aliphatic carbocycles. The summed E-state index contributed by atoms with van der Waals surface area (Å²) in [7, 11) is 0. The number of aromatic nitrogens is 1. The number of hydrogen-bond acceptors (Lipinski definition) is 4. The second-order valence-electron chi connectivity index (χ2n) is 6.47. The number of anilines is 1. The van der Waals surface area contributed by atoms with Crippen molar-refractivity contribution in [2.45, 2.75) is 0 Å². The number of fused-ring (bicyclic) bond motifs is 2. The molecular formula is C24H17N3O. The van der Waals surface area contributed by atoms with Crippen molar-refractivity contribution < 1.29 is 4.42 Å². The van der Waals surface area contributed by atoms with Crippen LogP contribution >= 0.6 is 0 Å². The van der Waals surface area contributed by atoms with Crippen molar-refractivity contribution in [1.29, 1.82) is 0 Å². The lowest BCUT2D eigenvalue weighted by atomic mass is 10.1. The van der Waals surface area contributed by atoms with Crippen molar-refractivity contribution in [2.75, 3.05) is 5.43 Å². The van der Waals surface area contributed by atoms with Crippen LogP contribution in [0.15, 0.2) is 107 Å². The monoisotopic (exact) mass is 363 g/mol. The van der Waals surface area contributed by atoms with E-state index in [1.165, 1.54) is 0 Å². The average molecular weight is 363 g/mol. The van der Waals surface area contributed by atoms with Gasteiger partial charge in [-0.15, -0.1) is 0 Å². The van der Waals surface area contributed by atoms with E-state index in [9.17, 15) is 0 Å². The number of para-hydroxylation sites is 2. The van der Waals surface area contributed by atoms with Crippen molar-refractivity contribution in [3.63, 3.8) is 0 Å². The van der Waals surface area contributed by atoms with Gasteiger partial charge in [-0.05, 0) is 30.3 Å². The first kappa shape index (κ1) is 16.3. The fourth-order valence-corrected chi connectivity index (χ4v) is 3.20. The zero-order valence-electron chi connectivity index (χ0n) is 15.0. The van der Waals surface area contributed by atoms with Gasteiger partial charge < -0.3 is 4.42 Å². The van der Waals surface area contributed by atoms with Gasteiger partial charge in [-0.3, -0.25) is 5.43 Å². The fraction of sp³-hybridized carbons (Fsp3) is 0. The predicted octanol–water partition coefficient (Wildman–Crippen LogP) is 5.58. The van der Waals surface area contributed by atoms with Gasteiger partial charge in [0.1, 0.15) is 17.2 Å². The molecule has 4 heteroatoms. The van der Waals surface area contributed by atoms with E-state index in [0.29, 0.717) is 5.82 Å². The molecule has 5 rings (SSSR count). The molecule has 0 radical (unpaired) electrons. The van der Waals surface area contributed by atoms with Crippen LogP contribution in [0, 0.1) is 0 Å². The van der Waals surface area contributed by atoms with E-state index in [4.69, 9.17) is 4.42 Å². The molecule has 134 valence electrons. The van der Waals surface area contributed by atoms with E-state index in [1.54, 1.807) is 0 Å². The molecule has 0 aliphatic heterocycles. The molecule has 4 nitrogen and oxygen atoms in total. The van der Waals surface area contributed by atoms with E-state index in [-0.39, 0.29) is 0 Å². The third-order valence-electron chi connectivity index (χ3n) is 4.60. The summed E-state index contributed by atoms with van der Waals surface area (Å²) >= 11 is 0. The van der Waals surface area contributed by atoms with Crippen molar-refractivity contribution in [1.82, 2.24) is 4.98 Å². The first-order valence-electron chi connectivity index (χ1n) is 9.11. The summed E-state index contributed by atoms with van der Waals surface area (Å²) in [4.78, 5) is 4.62. The molecule has 0 unspecified atom stereocenters. The van der Waals surface area contributed by atoms with Crippen LogP contribution in [0.4, 0.5) is 5.82 Å². The lowest BCUT2D eigenvalue weighted by Gasteiger charge is -2.06. The zero-order valence-corrected chi connectivity index (χ0v) is 15.0. The number of rotatable bonds is 3. The Morgan fingerprint density at radius 1 is 0.750 bits per heavy atom. The maximum atomic E-state index is 6.09. The van der Waals surface area contributed by atoms with E-state index < -0.39 is 0 Å². The van der Waals surface area contributed by atoms with Crippen LogP contribution in [0.1, 0.15) is 0 Å². The van der Waals surface area contributed by atoms with Gasteiger partial charge in [0.2, 0.25) is 0 Å². The van der Waals surface area contributed by atoms with E-state index >= 15 is 0 Å². The van der Waals surface area contributed by atoms with Gasteiger partial charge in [-0.1, -0.05) is 60.7 Å². The highest BCUT2D eigenvalue weighted by atomic mass is 16.3. The quantitative estimate of drug-likeness (QED) is 0.426. The molecule has 2 heterocycles. The molecule has 2 aromatic heterocycles. The Kier molecular flexibility index (Phi) is 4.07. The molecule has 0 amide bonds. The molecule has 0 atom stereocenters. The molecule has 28 heavy (non-hydrogen) atoms. The van der Waals surface area contributed by atoms with Crippen molar-refractivity contribution in [3.05, 3.63) is 102 Å². The van der Waals surface area contributed by atoms with Crippen LogP contribution in [-0.4, -0.2) is 4.98 Å². The Balaban J connectivity index is 1.62. The normalized spacial score (nSPS) is 11.8. The minimum absolute atomic E-state index is 0.699. The van der Waals surface area contributed by atoms with Crippen LogP contribution in [0.2, 0.25) is 0 Å². The lowest BCUT2D eigenvalue weighted by Crippen LogP contribution is -2.08. The molecule has 1 N–H and O–H groups in total. The van der Waals surface area contributed by atoms with Gasteiger partial charge in [0.25, 0.3) is 0 Å². The topological polar surface area (TPSA) is 50.4 Å². The molecule has 5 aromatic rings. The maximum Gasteiger partial charge on any atom is 0.146 e. The number of nitrogens with one attached hydrogen (secondary N) is 1. The zero-order chi connectivity index (χ0) is 18.8. The van der Waals surface area contributed by atoms with Crippen molar-refractivity contribution >= 4 is 27.7 Å². The highest BCUT2D eigenvalue weighted by molar-refractivity contribution is 5.80. The van der Waals surface area contributed by atoms with Gasteiger partial charge in [0.05, 0.1) is 10.9 Å². The minimum Gasteiger partial charge on any atom is -0.456 e. The lowest BCUT2D eigenvalue weighted by molar-refractivity contribution is 0.618. The van der Waals surface area contributed by atoms with Crippen LogP contribution in [0.25, 0.3) is 33.2 Å². The Bertz CT molecular complexity index is 1340. The number of nitrogens with zero attached hydrogens (tertiary/aromatic N) is 2. The van der Waals surface area contributed by atoms with E-state index in [2.05, 4.69) is 15.5 Å². The summed E-state index contributed by atoms with van der Waals surface area (Å²) in [5.74, 6) is 1.47. The summed E-state index contributed by atoms with van der Waals surface area (Å²) in [6.07, 6.45) is 0. The number of hydrogen-bond donors (Lipinski definition) is 1. The SMILES string of the molecule is c1ccc(-c2c/c(=N/Nc3ccc4ccccc4n3)c3ccccc3o2)cc1. The van der Waals surface area contributed by atoms with E-state index in [1.807, 2.05) is 97.1 Å². The number of benzene rings is 3. The van der Waals surface area contributed by atoms with E-state index in [0.717, 1.165) is 38.6 Å². The Hall–Kier alpha value is -3.92. The first-order chi connectivity index (χ1) is 13.9. The third-order valence-corrected chi connectivity index (χ3v) is 4.60. The molecule has 0 fully saturated rings. The van der Waals surface area contributed by atoms with Crippen LogP contribution in [0.3, 0.4) is 0 Å². The Labute approximate surface area is 161 Å². The summed E-state index contributed by atoms with van der Waals surface area (Å²) in [6.45, 7) is 0. The molecule has 3 aromatic carbocycles. The third kappa shape index (κ3) is 3.12. The van der Waals surface area contributed by atoms with Gasteiger partial charge >= 0.3 is 0 Å². The molecule has 0 saturated heterocycles. The highest BCUT2D eigenvalue weighted by Crippen LogP contribution is 2.22. The van der Waals surface area contributed by atoms with Crippen molar-refractivity contribution in [2.24, 2.45) is 5.10 Å². The molecule has 0 bridgehead atoms. The van der Waals surface area contributed by atoms with Crippen LogP contribution < -0.4 is 10.8 Å². The smallest absolute Gasteiger partial charge is 0.146 e. The second kappa shape index (κ2) is 7.00. The standard InChI is InChI=1S/C24H17N3O/c1-2-9-18(10-3-1)23-16-21(19-11-5-7-13-22(19)28-23)26-27-24-15-14-17-8-4-6-12-20(17)25-24/h1-16H,(H,25,27)/b26-21-. The maximum absolute atomic E-state index is 6.09. The minimum atomic E-state index is 0.699. The molecular weight excluding hydrogens is 346 g/mol. The van der Waals surface area contributed by atoms with Gasteiger partial charge in [-0.2, -0.15) is 5.10 Å². The molecule has 0 aliphatic rings. The van der Waals surface area contributed by atoms with Gasteiger partial charge in [0, 0.05) is 22.4 Å². The van der Waals surface area contributed by atoms with Crippen LogP contribution in [-0.2, 0) is 0 Å². The first-order valence-corrected chi connectivity index (χ1v) is 9.11. The summed E-state index contributed by atoms with van der Waals surface area (Å²) in [5, 5.41) is 7.47. The summed E-state index contributed by atoms with van der Waals surface area (Å²) in [5.41, 5.74) is 5.82. The largest absolute Gasteiger partial charge is 0.456 e. The summed E-state index contributed by atoms with van der Waals surface area (Å²) < 4.78 is 6.09. The summed E-state index contributed by atoms with van der Waals surface area (Å²) in [6, 6.07) is 31.9. The van der Waals surface area contributed by atoms with Gasteiger partial charge in [0.15, 0.2) is 0 Å². The van der Waals surface area contributed by atoms with Gasteiger partial charge in [-0.25, -0.2) is 4.98 Å². The average Bonchev–Trinajstić information content (AvgIpc) is 2.77. The Morgan fingerprint density at radius 2 is 1.54 bits per heavy atom. The highest BCUT2D eigenvalue weighted by Gasteiger charge is 2.05. The Morgan fingerprint density at radius 3 is 2.46 bits per heavy atom. The fourth-order valence-electron chi connectivity index (χ4n) is 3.20. The predicted molar refractivity (Wildman–Crippen MR) is 113 cm³/mol.